The molecular formula is C21H18ClN3O2. The van der Waals surface area contributed by atoms with Crippen LogP contribution in [-0.4, -0.2) is 25.6 Å². The molecule has 5 nitrogen and oxygen atoms in total. The number of nitrogens with zero attached hydrogens (tertiary/aromatic N) is 3. The van der Waals surface area contributed by atoms with E-state index in [1.807, 2.05) is 48.7 Å². The fourth-order valence-electron chi connectivity index (χ4n) is 3.69. The maximum absolute atomic E-state index is 11.7. The number of aryl methyl sites for hydroxylation is 1. The van der Waals surface area contributed by atoms with E-state index in [1.54, 1.807) is 13.0 Å². The Balaban J connectivity index is 2.12. The summed E-state index contributed by atoms with van der Waals surface area (Å²) in [5, 5.41) is 12.0. The lowest BCUT2D eigenvalue weighted by Crippen LogP contribution is -2.09. The van der Waals surface area contributed by atoms with Crippen LogP contribution in [0.4, 0.5) is 0 Å². The predicted octanol–water partition coefficient (Wildman–Crippen LogP) is 5.03. The molecule has 27 heavy (non-hydrogen) atoms. The summed E-state index contributed by atoms with van der Waals surface area (Å²) in [7, 11) is 0. The molecule has 0 radical (unpaired) electrons. The van der Waals surface area contributed by atoms with Crippen molar-refractivity contribution in [3.63, 3.8) is 0 Å². The van der Waals surface area contributed by atoms with Gasteiger partial charge in [0.25, 0.3) is 0 Å². The molecule has 4 rings (SSSR count). The molecule has 2 heterocycles. The van der Waals surface area contributed by atoms with Gasteiger partial charge in [0.1, 0.15) is 12.1 Å². The van der Waals surface area contributed by atoms with E-state index in [0.717, 1.165) is 38.6 Å². The van der Waals surface area contributed by atoms with Crippen LogP contribution in [0.3, 0.4) is 0 Å². The molecule has 0 spiro atoms. The number of carbonyl (C=O) groups is 1. The molecule has 0 aliphatic rings. The van der Waals surface area contributed by atoms with Gasteiger partial charge in [-0.2, -0.15) is 0 Å². The second-order valence-corrected chi connectivity index (χ2v) is 7.21. The molecule has 0 bridgehead atoms. The number of hydrogen-bond donors (Lipinski definition) is 1. The molecule has 0 fully saturated rings. The first-order chi connectivity index (χ1) is 12.9. The van der Waals surface area contributed by atoms with Gasteiger partial charge in [-0.1, -0.05) is 23.2 Å². The largest absolute Gasteiger partial charge is 0.481 e. The van der Waals surface area contributed by atoms with Crippen molar-refractivity contribution in [1.29, 1.82) is 0 Å². The van der Waals surface area contributed by atoms with Crippen LogP contribution in [0.1, 0.15) is 29.7 Å². The van der Waals surface area contributed by atoms with Gasteiger partial charge in [-0.05, 0) is 56.7 Å². The van der Waals surface area contributed by atoms with E-state index < -0.39 is 11.9 Å². The third-order valence-corrected chi connectivity index (χ3v) is 5.24. The maximum atomic E-state index is 11.7. The molecule has 1 unspecified atom stereocenters. The number of halogens is 1. The number of aromatic nitrogens is 3. The molecule has 4 aromatic rings. The lowest BCUT2D eigenvalue weighted by atomic mass is 9.97. The topological polar surface area (TPSA) is 68.0 Å². The Labute approximate surface area is 161 Å². The molecule has 6 heteroatoms. The van der Waals surface area contributed by atoms with E-state index in [4.69, 9.17) is 11.6 Å². The van der Waals surface area contributed by atoms with Crippen molar-refractivity contribution >= 4 is 39.4 Å². The number of carboxylic acid groups (broad SMARTS) is 1. The molecular weight excluding hydrogens is 362 g/mol. The van der Waals surface area contributed by atoms with Crippen molar-refractivity contribution in [3.05, 3.63) is 64.6 Å². The zero-order valence-corrected chi connectivity index (χ0v) is 15.9. The summed E-state index contributed by atoms with van der Waals surface area (Å²) >= 11 is 6.11. The Kier molecular flexibility index (Phi) is 4.12. The summed E-state index contributed by atoms with van der Waals surface area (Å²) in [5.74, 6) is -0.761. The fraction of sp³-hybridized carbons (Fsp3) is 0.190. The normalized spacial score (nSPS) is 12.6. The number of carboxylic acids is 1. The predicted molar refractivity (Wildman–Crippen MR) is 107 cm³/mol. The first-order valence-electron chi connectivity index (χ1n) is 8.63. The number of rotatable bonds is 3. The van der Waals surface area contributed by atoms with Gasteiger partial charge in [0, 0.05) is 21.5 Å². The van der Waals surface area contributed by atoms with Gasteiger partial charge in [0.05, 0.1) is 17.0 Å². The third kappa shape index (κ3) is 2.75. The molecule has 0 saturated heterocycles. The Hall–Kier alpha value is -2.92. The molecule has 1 atom stereocenters. The Bertz CT molecular complexity index is 1210. The third-order valence-electron chi connectivity index (χ3n) is 5.00. The molecule has 2 aromatic carbocycles. The highest BCUT2D eigenvalue weighted by atomic mass is 35.5. The highest BCUT2D eigenvalue weighted by Gasteiger charge is 2.25. The van der Waals surface area contributed by atoms with Crippen molar-refractivity contribution in [3.8, 4) is 5.82 Å². The Morgan fingerprint density at radius 1 is 1.11 bits per heavy atom. The van der Waals surface area contributed by atoms with Crippen molar-refractivity contribution in [2.45, 2.75) is 26.7 Å². The summed E-state index contributed by atoms with van der Waals surface area (Å²) in [5.41, 5.74) is 4.42. The zero-order chi connectivity index (χ0) is 19.3. The second kappa shape index (κ2) is 6.35. The standard InChI is InChI=1S/C21H18ClN3O2/c1-11-4-7-18-16(8-11)19(12(2)21(26)27)13(3)25(18)20-15-6-5-14(22)9-17(15)23-10-24-20/h4-10,12H,1-3H3,(H,26,27). The lowest BCUT2D eigenvalue weighted by Gasteiger charge is -2.12. The summed E-state index contributed by atoms with van der Waals surface area (Å²) in [6.07, 6.45) is 1.51. The number of aliphatic carboxylic acids is 1. The van der Waals surface area contributed by atoms with Gasteiger partial charge in [0.15, 0.2) is 0 Å². The van der Waals surface area contributed by atoms with Crippen LogP contribution in [-0.2, 0) is 4.79 Å². The summed E-state index contributed by atoms with van der Waals surface area (Å²) in [6.45, 7) is 5.66. The summed E-state index contributed by atoms with van der Waals surface area (Å²) in [6, 6.07) is 11.6. The van der Waals surface area contributed by atoms with Crippen LogP contribution in [0, 0.1) is 13.8 Å². The molecule has 0 saturated carbocycles. The van der Waals surface area contributed by atoms with Gasteiger partial charge in [-0.3, -0.25) is 9.36 Å². The molecule has 136 valence electrons. The fourth-order valence-corrected chi connectivity index (χ4v) is 3.86. The van der Waals surface area contributed by atoms with Gasteiger partial charge >= 0.3 is 5.97 Å². The first kappa shape index (κ1) is 17.5. The average Bonchev–Trinajstić information content (AvgIpc) is 2.91. The van der Waals surface area contributed by atoms with Crippen molar-refractivity contribution in [1.82, 2.24) is 14.5 Å². The minimum atomic E-state index is -0.849. The van der Waals surface area contributed by atoms with Gasteiger partial charge < -0.3 is 5.11 Å². The summed E-state index contributed by atoms with van der Waals surface area (Å²) < 4.78 is 2.02. The second-order valence-electron chi connectivity index (χ2n) is 6.77. The minimum absolute atomic E-state index is 0.608. The molecule has 0 aliphatic heterocycles. The van der Waals surface area contributed by atoms with Crippen LogP contribution in [0.25, 0.3) is 27.6 Å². The quantitative estimate of drug-likeness (QED) is 0.542. The van der Waals surface area contributed by atoms with Crippen LogP contribution in [0.15, 0.2) is 42.7 Å². The van der Waals surface area contributed by atoms with Crippen LogP contribution < -0.4 is 0 Å². The van der Waals surface area contributed by atoms with E-state index >= 15 is 0 Å². The SMILES string of the molecule is Cc1ccc2c(c1)c(C(C)C(=O)O)c(C)n2-c1ncnc2cc(Cl)ccc12. The molecule has 2 aromatic heterocycles. The van der Waals surface area contributed by atoms with Crippen molar-refractivity contribution < 1.29 is 9.90 Å². The van der Waals surface area contributed by atoms with E-state index in [-0.39, 0.29) is 0 Å². The number of fused-ring (bicyclic) bond motifs is 2. The average molecular weight is 380 g/mol. The van der Waals surface area contributed by atoms with Gasteiger partial charge in [0.2, 0.25) is 0 Å². The van der Waals surface area contributed by atoms with Crippen molar-refractivity contribution in [2.75, 3.05) is 0 Å². The highest BCUT2D eigenvalue weighted by molar-refractivity contribution is 6.31. The van der Waals surface area contributed by atoms with E-state index in [9.17, 15) is 9.90 Å². The van der Waals surface area contributed by atoms with E-state index in [0.29, 0.717) is 10.8 Å². The number of hydrogen-bond acceptors (Lipinski definition) is 3. The monoisotopic (exact) mass is 379 g/mol. The minimum Gasteiger partial charge on any atom is -0.481 e. The molecule has 0 aliphatic carbocycles. The maximum Gasteiger partial charge on any atom is 0.310 e. The van der Waals surface area contributed by atoms with Gasteiger partial charge in [-0.25, -0.2) is 9.97 Å². The first-order valence-corrected chi connectivity index (χ1v) is 9.01. The molecule has 0 amide bonds. The van der Waals surface area contributed by atoms with E-state index in [2.05, 4.69) is 9.97 Å². The van der Waals surface area contributed by atoms with E-state index in [1.165, 1.54) is 6.33 Å². The highest BCUT2D eigenvalue weighted by Crippen LogP contribution is 2.36. The van der Waals surface area contributed by atoms with Gasteiger partial charge in [-0.15, -0.1) is 0 Å². The van der Waals surface area contributed by atoms with Crippen LogP contribution in [0.5, 0.6) is 0 Å². The number of benzene rings is 2. The Morgan fingerprint density at radius 3 is 2.63 bits per heavy atom. The summed E-state index contributed by atoms with van der Waals surface area (Å²) in [4.78, 5) is 20.6. The Morgan fingerprint density at radius 2 is 1.89 bits per heavy atom. The van der Waals surface area contributed by atoms with Crippen molar-refractivity contribution in [2.24, 2.45) is 0 Å². The molecule has 1 N–H and O–H groups in total. The zero-order valence-electron chi connectivity index (χ0n) is 15.2. The lowest BCUT2D eigenvalue weighted by molar-refractivity contribution is -0.138. The van der Waals surface area contributed by atoms with Crippen LogP contribution >= 0.6 is 11.6 Å². The van der Waals surface area contributed by atoms with Crippen LogP contribution in [0.2, 0.25) is 5.02 Å². The smallest absolute Gasteiger partial charge is 0.310 e.